The highest BCUT2D eigenvalue weighted by Gasteiger charge is 2.15. The largest absolute Gasteiger partial charge is 0.358 e. The maximum absolute atomic E-state index is 14.8. The Balaban J connectivity index is 1.75. The van der Waals surface area contributed by atoms with Crippen molar-refractivity contribution in [3.05, 3.63) is 118 Å². The first kappa shape index (κ1) is 34.2. The van der Waals surface area contributed by atoms with Gasteiger partial charge in [-0.1, -0.05) is 43.6 Å². The van der Waals surface area contributed by atoms with Crippen LogP contribution in [0.2, 0.25) is 0 Å². The van der Waals surface area contributed by atoms with Crippen LogP contribution >= 0.6 is 9.39 Å². The molecule has 0 spiro atoms. The molecule has 0 bridgehead atoms. The van der Waals surface area contributed by atoms with E-state index in [2.05, 4.69) is 72.7 Å². The quantitative estimate of drug-likeness (QED) is 0.109. The van der Waals surface area contributed by atoms with Gasteiger partial charge in [0.15, 0.2) is 0 Å². The van der Waals surface area contributed by atoms with Crippen molar-refractivity contribution in [2.24, 2.45) is 0 Å². The summed E-state index contributed by atoms with van der Waals surface area (Å²) in [4.78, 5) is 10.2. The van der Waals surface area contributed by atoms with Gasteiger partial charge in [-0.2, -0.15) is 14.5 Å². The lowest BCUT2D eigenvalue weighted by molar-refractivity contribution is 0.438. The molecule has 7 nitrogen and oxygen atoms in total. The Labute approximate surface area is 272 Å². The third kappa shape index (κ3) is 8.51. The summed E-state index contributed by atoms with van der Waals surface area (Å²) in [5.74, 6) is 7.78. The predicted octanol–water partition coefficient (Wildman–Crippen LogP) is 5.88. The van der Waals surface area contributed by atoms with Gasteiger partial charge in [-0.25, -0.2) is 4.39 Å². The number of aromatic amines is 2. The molecule has 0 fully saturated rings. The molecule has 0 aliphatic heterocycles. The number of rotatable bonds is 13. The van der Waals surface area contributed by atoms with E-state index in [1.54, 1.807) is 12.3 Å². The summed E-state index contributed by atoms with van der Waals surface area (Å²) in [6.07, 6.45) is 13.7. The highest BCUT2D eigenvalue weighted by Crippen LogP contribution is 2.31. The number of H-pyrrole nitrogens is 2. The SMILES string of the molecule is C=C\C(=C/C(=C\C)C(/C=c1/c(-c2cc3c(-c4cc(F)cc(CNS(=C)(=C)C)c4)nccc3[nH]2)n[nH]c1=C)=C/C)NC(=C)CN(C)C. The summed E-state index contributed by atoms with van der Waals surface area (Å²) in [6.45, 7) is 17.5. The van der Waals surface area contributed by atoms with Gasteiger partial charge in [0, 0.05) is 52.4 Å². The number of likely N-dealkylation sites (N-methyl/N-ethyl adjacent to an activating group) is 1. The molecule has 0 radical (unpaired) electrons. The number of nitrogens with one attached hydrogen (secondary N) is 4. The first-order valence-corrected chi connectivity index (χ1v) is 17.2. The molecule has 0 saturated heterocycles. The topological polar surface area (TPSA) is 84.7 Å². The number of benzene rings is 1. The van der Waals surface area contributed by atoms with Gasteiger partial charge in [0.05, 0.1) is 16.7 Å². The number of halogens is 1. The van der Waals surface area contributed by atoms with Crippen LogP contribution in [-0.2, 0) is 6.54 Å². The third-order valence-corrected chi connectivity index (χ3v) is 8.00. The van der Waals surface area contributed by atoms with E-state index in [-0.39, 0.29) is 5.82 Å². The zero-order chi connectivity index (χ0) is 33.6. The Kier molecular flexibility index (Phi) is 10.8. The monoisotopic (exact) mass is 637 g/mol. The van der Waals surface area contributed by atoms with E-state index >= 15 is 0 Å². The molecule has 1 aromatic carbocycles. The summed E-state index contributed by atoms with van der Waals surface area (Å²) in [5.41, 5.74) is 8.20. The molecule has 0 saturated carbocycles. The maximum atomic E-state index is 14.8. The average molecular weight is 638 g/mol. The van der Waals surface area contributed by atoms with Gasteiger partial charge in [-0.3, -0.25) is 14.8 Å². The minimum absolute atomic E-state index is 0.330. The van der Waals surface area contributed by atoms with E-state index in [0.29, 0.717) is 35.4 Å². The lowest BCUT2D eigenvalue weighted by atomic mass is 10.0. The molecule has 46 heavy (non-hydrogen) atoms. The first-order chi connectivity index (χ1) is 21.8. The van der Waals surface area contributed by atoms with E-state index < -0.39 is 9.39 Å². The Morgan fingerprint density at radius 1 is 1.09 bits per heavy atom. The van der Waals surface area contributed by atoms with Crippen LogP contribution in [0.1, 0.15) is 19.4 Å². The molecule has 4 N–H and O–H groups in total. The van der Waals surface area contributed by atoms with Gasteiger partial charge in [-0.15, -0.1) is 0 Å². The van der Waals surface area contributed by atoms with E-state index in [0.717, 1.165) is 49.9 Å². The lowest BCUT2D eigenvalue weighted by Gasteiger charge is -2.15. The minimum Gasteiger partial charge on any atom is -0.358 e. The van der Waals surface area contributed by atoms with E-state index in [1.165, 1.54) is 12.1 Å². The summed E-state index contributed by atoms with van der Waals surface area (Å²) < 4.78 is 18.1. The lowest BCUT2D eigenvalue weighted by Crippen LogP contribution is -2.23. The smallest absolute Gasteiger partial charge is 0.124 e. The molecule has 4 rings (SSSR count). The fourth-order valence-electron chi connectivity index (χ4n) is 5.07. The molecule has 3 aromatic heterocycles. The molecule has 0 aliphatic rings. The van der Waals surface area contributed by atoms with Crippen LogP contribution in [0, 0.1) is 5.82 Å². The van der Waals surface area contributed by atoms with Crippen LogP contribution in [0.4, 0.5) is 4.39 Å². The summed E-state index contributed by atoms with van der Waals surface area (Å²) in [6, 6.07) is 8.88. The molecule has 0 amide bonds. The van der Waals surface area contributed by atoms with Crippen molar-refractivity contribution in [2.45, 2.75) is 20.4 Å². The molecule has 4 aromatic rings. The second-order valence-electron chi connectivity index (χ2n) is 11.6. The van der Waals surface area contributed by atoms with Crippen molar-refractivity contribution in [2.75, 3.05) is 26.9 Å². The normalized spacial score (nSPS) is 13.5. The Morgan fingerprint density at radius 3 is 2.48 bits per heavy atom. The second kappa shape index (κ2) is 14.6. The maximum Gasteiger partial charge on any atom is 0.124 e. The Hall–Kier alpha value is -4.70. The van der Waals surface area contributed by atoms with Crippen LogP contribution in [-0.4, -0.2) is 63.7 Å². The molecular formula is C37H44FN7S. The molecule has 240 valence electrons. The highest BCUT2D eigenvalue weighted by molar-refractivity contribution is 8.25. The van der Waals surface area contributed by atoms with Crippen LogP contribution in [0.25, 0.3) is 46.2 Å². The summed E-state index contributed by atoms with van der Waals surface area (Å²) in [5, 5.41) is 13.4. The van der Waals surface area contributed by atoms with Crippen LogP contribution in [0.5, 0.6) is 0 Å². The first-order valence-electron chi connectivity index (χ1n) is 14.8. The number of pyridine rings is 1. The molecule has 0 aliphatic carbocycles. The van der Waals surface area contributed by atoms with Crippen LogP contribution in [0.15, 0.2) is 96.5 Å². The van der Waals surface area contributed by atoms with Crippen molar-refractivity contribution in [1.82, 2.24) is 35.1 Å². The third-order valence-electron chi connectivity index (χ3n) is 7.16. The number of hydrogen-bond donors (Lipinski definition) is 4. The Morgan fingerprint density at radius 2 is 1.83 bits per heavy atom. The number of fused-ring (bicyclic) bond motifs is 1. The minimum atomic E-state index is -1.45. The van der Waals surface area contributed by atoms with Gasteiger partial charge in [-0.05, 0) is 99.5 Å². The zero-order valence-electron chi connectivity index (χ0n) is 27.4. The van der Waals surface area contributed by atoms with Crippen LogP contribution in [0.3, 0.4) is 0 Å². The molecule has 0 unspecified atom stereocenters. The van der Waals surface area contributed by atoms with E-state index in [9.17, 15) is 4.39 Å². The van der Waals surface area contributed by atoms with Crippen molar-refractivity contribution in [1.29, 1.82) is 0 Å². The standard InChI is InChI=1S/C37H44FN7S/c1-11-27(19-31(13-3)41-24(4)23-45(6)7)28(12-2)20-32-25(5)43-44-37(32)35-21-33-34(42-35)14-15-39-36(33)29-16-26(17-30(38)18-29)22-40-46(8,9)10/h11-21,40-43H,3-5,8-9,22-23H2,1-2,6-7,10H3/b27-11+,28-12+,31-19+,32-20+. The van der Waals surface area contributed by atoms with Crippen molar-refractivity contribution in [3.8, 4) is 22.6 Å². The van der Waals surface area contributed by atoms with Crippen molar-refractivity contribution in [3.63, 3.8) is 0 Å². The van der Waals surface area contributed by atoms with Crippen molar-refractivity contribution >= 4 is 44.7 Å². The number of nitrogens with zero attached hydrogens (tertiary/aromatic N) is 3. The fourth-order valence-corrected chi connectivity index (χ4v) is 5.58. The average Bonchev–Trinajstić information content (AvgIpc) is 3.59. The van der Waals surface area contributed by atoms with Gasteiger partial charge >= 0.3 is 0 Å². The molecule has 0 atom stereocenters. The van der Waals surface area contributed by atoms with Gasteiger partial charge < -0.3 is 15.2 Å². The number of aromatic nitrogens is 4. The number of allylic oxidation sites excluding steroid dienone is 6. The number of hydrogen-bond acceptors (Lipinski definition) is 5. The van der Waals surface area contributed by atoms with Crippen molar-refractivity contribution < 1.29 is 4.39 Å². The summed E-state index contributed by atoms with van der Waals surface area (Å²) >= 11 is 0. The molecule has 3 heterocycles. The predicted molar refractivity (Wildman–Crippen MR) is 200 cm³/mol. The molecule has 9 heteroatoms. The van der Waals surface area contributed by atoms with Gasteiger partial charge in [0.2, 0.25) is 0 Å². The van der Waals surface area contributed by atoms with Gasteiger partial charge in [0.1, 0.15) is 11.5 Å². The van der Waals surface area contributed by atoms with E-state index in [1.807, 2.05) is 70.6 Å². The Bertz CT molecular complexity index is 2090. The fraction of sp³-hybridized carbons (Fsp3) is 0.189. The second-order valence-corrected chi connectivity index (χ2v) is 14.5. The highest BCUT2D eigenvalue weighted by atomic mass is 32.2. The molecular weight excluding hydrogens is 594 g/mol. The zero-order valence-corrected chi connectivity index (χ0v) is 28.2. The summed E-state index contributed by atoms with van der Waals surface area (Å²) in [7, 11) is 2.55. The van der Waals surface area contributed by atoms with E-state index in [4.69, 9.17) is 0 Å². The van der Waals surface area contributed by atoms with Crippen LogP contribution < -0.4 is 20.6 Å². The van der Waals surface area contributed by atoms with Gasteiger partial charge in [0.25, 0.3) is 0 Å².